The average Bonchev–Trinajstić information content (AvgIpc) is 3.21. The van der Waals surface area contributed by atoms with Crippen LogP contribution < -0.4 is 0 Å². The molecule has 2 fully saturated rings. The first-order valence-electron chi connectivity index (χ1n) is 10.6. The normalized spacial score (nSPS) is 20.2. The highest BCUT2D eigenvalue weighted by Crippen LogP contribution is 2.36. The zero-order chi connectivity index (χ0) is 20.1. The van der Waals surface area contributed by atoms with Crippen molar-refractivity contribution in [3.05, 3.63) is 71.3 Å². The first-order chi connectivity index (χ1) is 14.1. The summed E-state index contributed by atoms with van der Waals surface area (Å²) in [5.74, 6) is -0.472. The Balaban J connectivity index is 1.23. The third kappa shape index (κ3) is 5.21. The van der Waals surface area contributed by atoms with Crippen LogP contribution in [-0.2, 0) is 21.7 Å². The minimum atomic E-state index is -0.728. The predicted octanol–water partition coefficient (Wildman–Crippen LogP) is 4.90. The summed E-state index contributed by atoms with van der Waals surface area (Å²) in [6, 6.07) is 13.4. The number of hydrogen-bond donors (Lipinski definition) is 0. The van der Waals surface area contributed by atoms with E-state index in [4.69, 9.17) is 9.47 Å². The van der Waals surface area contributed by atoms with Gasteiger partial charge in [-0.05, 0) is 81.1 Å². The van der Waals surface area contributed by atoms with Gasteiger partial charge in [0.25, 0.3) is 0 Å². The van der Waals surface area contributed by atoms with Gasteiger partial charge in [0.1, 0.15) is 11.6 Å². The predicted molar refractivity (Wildman–Crippen MR) is 108 cm³/mol. The maximum atomic E-state index is 13.3. The van der Waals surface area contributed by atoms with E-state index in [0.717, 1.165) is 44.5 Å². The summed E-state index contributed by atoms with van der Waals surface area (Å²) < 4.78 is 38.2. The van der Waals surface area contributed by atoms with Crippen LogP contribution in [0.25, 0.3) is 0 Å². The van der Waals surface area contributed by atoms with E-state index in [-0.39, 0.29) is 11.6 Å². The molecule has 156 valence electrons. The lowest BCUT2D eigenvalue weighted by Crippen LogP contribution is -2.36. The van der Waals surface area contributed by atoms with E-state index in [0.29, 0.717) is 19.1 Å². The van der Waals surface area contributed by atoms with Gasteiger partial charge in [-0.15, -0.1) is 0 Å². The molecule has 0 radical (unpaired) electrons. The van der Waals surface area contributed by atoms with Gasteiger partial charge < -0.3 is 14.4 Å². The molecule has 5 heteroatoms. The summed E-state index contributed by atoms with van der Waals surface area (Å²) in [5, 5.41) is 0. The number of rotatable bonds is 7. The van der Waals surface area contributed by atoms with Gasteiger partial charge in [-0.2, -0.15) is 0 Å². The molecule has 0 aliphatic carbocycles. The largest absolute Gasteiger partial charge is 0.343 e. The summed E-state index contributed by atoms with van der Waals surface area (Å²) in [6.45, 7) is 4.35. The molecule has 2 aromatic carbocycles. The molecule has 2 heterocycles. The summed E-state index contributed by atoms with van der Waals surface area (Å²) in [6.07, 6.45) is 5.12. The van der Waals surface area contributed by atoms with Gasteiger partial charge in [-0.25, -0.2) is 8.78 Å². The average molecular weight is 401 g/mol. The van der Waals surface area contributed by atoms with E-state index in [1.54, 1.807) is 24.3 Å². The van der Waals surface area contributed by atoms with Crippen molar-refractivity contribution in [2.24, 2.45) is 5.92 Å². The third-order valence-electron chi connectivity index (χ3n) is 6.16. The van der Waals surface area contributed by atoms with Crippen molar-refractivity contribution in [3.63, 3.8) is 0 Å². The van der Waals surface area contributed by atoms with Crippen molar-refractivity contribution in [2.45, 2.75) is 37.9 Å². The number of piperidine rings is 1. The van der Waals surface area contributed by atoms with Crippen LogP contribution in [0.15, 0.2) is 48.5 Å². The minimum absolute atomic E-state index is 0.169. The molecule has 0 N–H and O–H groups in total. The minimum Gasteiger partial charge on any atom is -0.343 e. The molecule has 0 atom stereocenters. The van der Waals surface area contributed by atoms with Crippen molar-refractivity contribution >= 4 is 0 Å². The Morgan fingerprint density at radius 2 is 1.45 bits per heavy atom. The summed E-state index contributed by atoms with van der Waals surface area (Å²) in [7, 11) is 0. The lowest BCUT2D eigenvalue weighted by atomic mass is 9.90. The molecular formula is C24H29F2NO2. The number of benzene rings is 2. The summed E-state index contributed by atoms with van der Waals surface area (Å²) in [5.41, 5.74) is 2.12. The fourth-order valence-electron chi connectivity index (χ4n) is 4.52. The fourth-order valence-corrected chi connectivity index (χ4v) is 4.52. The Morgan fingerprint density at radius 3 is 2.07 bits per heavy atom. The molecule has 29 heavy (non-hydrogen) atoms. The molecule has 0 amide bonds. The highest BCUT2D eigenvalue weighted by atomic mass is 19.1. The van der Waals surface area contributed by atoms with Crippen LogP contribution in [0.4, 0.5) is 8.78 Å². The van der Waals surface area contributed by atoms with Gasteiger partial charge in [0, 0.05) is 12.0 Å². The Morgan fingerprint density at radius 1 is 0.862 bits per heavy atom. The molecule has 3 nitrogen and oxygen atoms in total. The number of ether oxygens (including phenoxy) is 2. The number of likely N-dealkylation sites (tertiary alicyclic amines) is 1. The second kappa shape index (κ2) is 9.33. The molecule has 0 aromatic heterocycles. The van der Waals surface area contributed by atoms with Crippen LogP contribution in [0.5, 0.6) is 0 Å². The molecule has 4 rings (SSSR count). The van der Waals surface area contributed by atoms with Crippen LogP contribution in [0.3, 0.4) is 0 Å². The highest BCUT2D eigenvalue weighted by molar-refractivity contribution is 5.22. The van der Waals surface area contributed by atoms with Crippen molar-refractivity contribution < 1.29 is 18.3 Å². The quantitative estimate of drug-likeness (QED) is 0.659. The molecule has 0 spiro atoms. The van der Waals surface area contributed by atoms with Gasteiger partial charge in [0.2, 0.25) is 0 Å². The summed E-state index contributed by atoms with van der Waals surface area (Å²) in [4.78, 5) is 2.51. The van der Waals surface area contributed by atoms with Gasteiger partial charge in [-0.1, -0.05) is 24.3 Å². The van der Waals surface area contributed by atoms with Crippen LogP contribution in [0.2, 0.25) is 0 Å². The molecule has 0 unspecified atom stereocenters. The monoisotopic (exact) mass is 401 g/mol. The third-order valence-corrected chi connectivity index (χ3v) is 6.16. The van der Waals surface area contributed by atoms with Gasteiger partial charge >= 0.3 is 0 Å². The Bertz CT molecular complexity index is 764. The van der Waals surface area contributed by atoms with Crippen molar-refractivity contribution in [3.8, 4) is 0 Å². The number of nitrogens with zero attached hydrogens (tertiary/aromatic N) is 1. The second-order valence-corrected chi connectivity index (χ2v) is 8.18. The number of halogens is 2. The molecule has 2 aliphatic heterocycles. The van der Waals surface area contributed by atoms with Crippen molar-refractivity contribution in [2.75, 3.05) is 32.8 Å². The Labute approximate surface area is 171 Å². The smallest absolute Gasteiger partial charge is 0.195 e. The van der Waals surface area contributed by atoms with E-state index >= 15 is 0 Å². The van der Waals surface area contributed by atoms with Crippen LogP contribution >= 0.6 is 0 Å². The van der Waals surface area contributed by atoms with E-state index in [1.165, 1.54) is 30.5 Å². The molecule has 0 bridgehead atoms. The second-order valence-electron chi connectivity index (χ2n) is 8.18. The van der Waals surface area contributed by atoms with E-state index in [9.17, 15) is 8.78 Å². The molecular weight excluding hydrogens is 372 g/mol. The topological polar surface area (TPSA) is 21.7 Å². The zero-order valence-electron chi connectivity index (χ0n) is 16.8. The SMILES string of the molecule is Fc1ccc(CC2CCN(CCCC3(c4ccc(F)cc4)OCCO3)CC2)cc1. The maximum Gasteiger partial charge on any atom is 0.195 e. The Kier molecular flexibility index (Phi) is 6.58. The molecule has 2 aromatic rings. The van der Waals surface area contributed by atoms with Gasteiger partial charge in [-0.3, -0.25) is 0 Å². The molecule has 2 aliphatic rings. The van der Waals surface area contributed by atoms with E-state index in [2.05, 4.69) is 4.90 Å². The lowest BCUT2D eigenvalue weighted by Gasteiger charge is -2.33. The first-order valence-corrected chi connectivity index (χ1v) is 10.6. The van der Waals surface area contributed by atoms with Crippen LogP contribution in [0, 0.1) is 17.6 Å². The molecule has 2 saturated heterocycles. The van der Waals surface area contributed by atoms with Gasteiger partial charge in [0.15, 0.2) is 5.79 Å². The van der Waals surface area contributed by atoms with E-state index in [1.807, 2.05) is 12.1 Å². The maximum absolute atomic E-state index is 13.3. The van der Waals surface area contributed by atoms with Crippen LogP contribution in [0.1, 0.15) is 36.8 Å². The zero-order valence-corrected chi connectivity index (χ0v) is 16.8. The standard InChI is InChI=1S/C24H29F2NO2/c25-22-6-2-19(3-7-22)18-20-10-14-27(15-11-20)13-1-12-24(28-16-17-29-24)21-4-8-23(26)9-5-21/h2-9,20H,1,10-18H2. The van der Waals surface area contributed by atoms with Crippen LogP contribution in [-0.4, -0.2) is 37.7 Å². The first kappa shape index (κ1) is 20.5. The van der Waals surface area contributed by atoms with E-state index < -0.39 is 5.79 Å². The Hall–Kier alpha value is -1.82. The van der Waals surface area contributed by atoms with Crippen molar-refractivity contribution in [1.29, 1.82) is 0 Å². The fraction of sp³-hybridized carbons (Fsp3) is 0.500. The van der Waals surface area contributed by atoms with Crippen molar-refractivity contribution in [1.82, 2.24) is 4.90 Å². The molecule has 0 saturated carbocycles. The van der Waals surface area contributed by atoms with Gasteiger partial charge in [0.05, 0.1) is 13.2 Å². The lowest BCUT2D eigenvalue weighted by molar-refractivity contribution is -0.172. The summed E-state index contributed by atoms with van der Waals surface area (Å²) >= 11 is 0. The highest BCUT2D eigenvalue weighted by Gasteiger charge is 2.38. The number of hydrogen-bond acceptors (Lipinski definition) is 3.